The predicted molar refractivity (Wildman–Crippen MR) is 322 cm³/mol. The minimum absolute atomic E-state index is 0.0348. The molecule has 4 unspecified atom stereocenters. The third-order valence-electron chi connectivity index (χ3n) is 18.5. The van der Waals surface area contributed by atoms with Gasteiger partial charge in [-0.1, -0.05) is 107 Å². The second-order valence-electron chi connectivity index (χ2n) is 25.6. The number of aromatic nitrogens is 3. The van der Waals surface area contributed by atoms with E-state index in [0.717, 1.165) is 87.0 Å². The van der Waals surface area contributed by atoms with Crippen molar-refractivity contribution < 1.29 is 47.7 Å². The normalized spacial score (nSPS) is 20.4. The molecule has 8 rings (SSSR count). The number of amides is 4. The Morgan fingerprint density at radius 3 is 2.19 bits per heavy atom. The number of nitrogens with one attached hydrogen (secondary N) is 1. The number of nitrogens with zero attached hydrogens (tertiary/aromatic N) is 7. The number of aryl methyl sites for hydroxylation is 1. The van der Waals surface area contributed by atoms with E-state index in [1.807, 2.05) is 33.8 Å². The van der Waals surface area contributed by atoms with Crippen LogP contribution >= 0.6 is 11.6 Å². The molecule has 18 nitrogen and oxygen atoms in total. The molecule has 0 bridgehead atoms. The Hall–Kier alpha value is -5.14. The summed E-state index contributed by atoms with van der Waals surface area (Å²) in [5, 5.41) is 13.0. The van der Waals surface area contributed by atoms with E-state index in [1.54, 1.807) is 9.80 Å². The van der Waals surface area contributed by atoms with Gasteiger partial charge in [0.2, 0.25) is 17.7 Å². The number of fused-ring (bicyclic) bond motifs is 2. The summed E-state index contributed by atoms with van der Waals surface area (Å²) in [4.78, 5) is 77.0. The molecule has 2 saturated carbocycles. The van der Waals surface area contributed by atoms with Crippen LogP contribution in [0.3, 0.4) is 0 Å². The Bertz CT molecular complexity index is 2570. The summed E-state index contributed by atoms with van der Waals surface area (Å²) in [6, 6.07) is 16.5. The number of carbonyl (C=O) groups is 5. The van der Waals surface area contributed by atoms with Crippen LogP contribution in [0, 0.1) is 29.6 Å². The van der Waals surface area contributed by atoms with Gasteiger partial charge in [0.1, 0.15) is 5.54 Å². The van der Waals surface area contributed by atoms with Gasteiger partial charge in [-0.25, -0.2) is 9.48 Å². The Labute approximate surface area is 504 Å². The van der Waals surface area contributed by atoms with Gasteiger partial charge in [0, 0.05) is 76.8 Å². The number of carbonyl (C=O) groups excluding carboxylic acids is 5. The lowest BCUT2D eigenvalue weighted by Crippen LogP contribution is -2.65. The average molecular weight is 1190 g/mol. The lowest BCUT2D eigenvalue weighted by Gasteiger charge is -2.47. The number of piperidine rings is 1. The molecule has 3 aliphatic carbocycles. The van der Waals surface area contributed by atoms with Crippen LogP contribution in [0.5, 0.6) is 0 Å². The molecule has 5 aliphatic rings. The van der Waals surface area contributed by atoms with Crippen LogP contribution in [0.25, 0.3) is 0 Å². The van der Waals surface area contributed by atoms with E-state index < -0.39 is 11.6 Å². The molecule has 4 fully saturated rings. The highest BCUT2D eigenvalue weighted by Crippen LogP contribution is 2.53. The number of ether oxygens (including phenoxy) is 5. The quantitative estimate of drug-likeness (QED) is 0.0537. The topological polar surface area (TPSA) is 187 Å². The maximum Gasteiger partial charge on any atom is 0.409 e. The van der Waals surface area contributed by atoms with Gasteiger partial charge in [-0.05, 0) is 128 Å². The van der Waals surface area contributed by atoms with E-state index in [9.17, 15) is 24.0 Å². The number of morpholine rings is 1. The smallest absolute Gasteiger partial charge is 0.409 e. The van der Waals surface area contributed by atoms with E-state index in [2.05, 4.69) is 79.4 Å². The average Bonchev–Trinajstić information content (AvgIpc) is 2.02. The molecule has 0 spiro atoms. The highest BCUT2D eigenvalue weighted by molar-refractivity contribution is 6.30. The Kier molecular flexibility index (Phi) is 24.3. The van der Waals surface area contributed by atoms with Crippen molar-refractivity contribution in [3.63, 3.8) is 0 Å². The highest BCUT2D eigenvalue weighted by Gasteiger charge is 2.52. The molecule has 1 aromatic heterocycles. The fourth-order valence-electron chi connectivity index (χ4n) is 13.3. The van der Waals surface area contributed by atoms with Crippen LogP contribution in [0.1, 0.15) is 152 Å². The van der Waals surface area contributed by atoms with Gasteiger partial charge in [-0.2, -0.15) is 0 Å². The molecule has 0 radical (unpaired) electrons. The first-order valence-corrected chi connectivity index (χ1v) is 32.0. The van der Waals surface area contributed by atoms with Crippen molar-refractivity contribution >= 4 is 41.4 Å². The van der Waals surface area contributed by atoms with Crippen LogP contribution < -0.4 is 5.32 Å². The molecule has 464 valence electrons. The van der Waals surface area contributed by atoms with Crippen LogP contribution in [0.4, 0.5) is 4.79 Å². The maximum absolute atomic E-state index is 14.8. The number of benzene rings is 2. The molecule has 4 amide bonds. The monoisotopic (exact) mass is 1180 g/mol. The lowest BCUT2D eigenvalue weighted by atomic mass is 9.76. The number of rotatable bonds is 28. The first-order valence-electron chi connectivity index (χ1n) is 31.6. The molecular formula is C65H97ClN8O10. The van der Waals surface area contributed by atoms with Gasteiger partial charge in [0.05, 0.1) is 77.2 Å². The summed E-state index contributed by atoms with van der Waals surface area (Å²) in [5.74, 6) is 0.907. The maximum atomic E-state index is 14.8. The standard InChI is InChI=1S/C65H97ClN8O10/c1-47(2)14-27-58(75)73(31-10-13-59(76)80-6)65(62(78)67-30-34-70-35-39-81-40-36-70)28-32-71(33-29-65)63(79)84-46-55-53-23-25-56-57(26-24-54(53)55)74(69-68-56)38-42-83-44-43-82-41-37-72(45-48-15-19-51(20-16-48)64(3,4)5)61(77)60(49-11-8-7-9-12-49)50-17-21-52(66)22-18-50/h15-22,47,49,53-55,60H,7-14,23-46H2,1-6H3,(H,67,78). The van der Waals surface area contributed by atoms with Crippen LogP contribution in [-0.4, -0.2) is 176 Å². The van der Waals surface area contributed by atoms with Gasteiger partial charge >= 0.3 is 12.1 Å². The van der Waals surface area contributed by atoms with Crippen LogP contribution in [0.2, 0.25) is 5.02 Å². The molecular weight excluding hydrogens is 1090 g/mol. The predicted octanol–water partition coefficient (Wildman–Crippen LogP) is 9.03. The molecule has 3 aromatic rings. The Morgan fingerprint density at radius 1 is 0.821 bits per heavy atom. The van der Waals surface area contributed by atoms with Gasteiger partial charge in [0.25, 0.3) is 0 Å². The zero-order chi connectivity index (χ0) is 59.6. The zero-order valence-electron chi connectivity index (χ0n) is 51.3. The lowest BCUT2D eigenvalue weighted by molar-refractivity contribution is -0.152. The summed E-state index contributed by atoms with van der Waals surface area (Å²) in [6.07, 6.45) is 10.7. The third-order valence-corrected chi connectivity index (χ3v) is 18.8. The minimum Gasteiger partial charge on any atom is -0.469 e. The minimum atomic E-state index is -1.18. The van der Waals surface area contributed by atoms with E-state index in [0.29, 0.717) is 115 Å². The van der Waals surface area contributed by atoms with Crippen molar-refractivity contribution in [2.45, 2.75) is 161 Å². The van der Waals surface area contributed by atoms with E-state index in [1.165, 1.54) is 19.1 Å². The summed E-state index contributed by atoms with van der Waals surface area (Å²) in [5.41, 5.74) is 4.40. The molecule has 2 aromatic carbocycles. The fraction of sp³-hybridized carbons (Fsp3) is 0.708. The fourth-order valence-corrected chi connectivity index (χ4v) is 13.4. The first kappa shape index (κ1) is 64.8. The van der Waals surface area contributed by atoms with Crippen LogP contribution in [-0.2, 0) is 74.2 Å². The second-order valence-corrected chi connectivity index (χ2v) is 26.0. The van der Waals surface area contributed by atoms with Crippen molar-refractivity contribution in [1.82, 2.24) is 39.9 Å². The third kappa shape index (κ3) is 18.0. The number of halogens is 1. The van der Waals surface area contributed by atoms with Gasteiger partial charge < -0.3 is 43.7 Å². The van der Waals surface area contributed by atoms with Crippen LogP contribution in [0.15, 0.2) is 48.5 Å². The summed E-state index contributed by atoms with van der Waals surface area (Å²) < 4.78 is 30.7. The number of likely N-dealkylation sites (tertiary alicyclic amines) is 1. The Morgan fingerprint density at radius 2 is 1.51 bits per heavy atom. The molecule has 84 heavy (non-hydrogen) atoms. The summed E-state index contributed by atoms with van der Waals surface area (Å²) >= 11 is 6.33. The molecule has 4 atom stereocenters. The van der Waals surface area contributed by atoms with Crippen molar-refractivity contribution in [2.24, 2.45) is 29.6 Å². The van der Waals surface area contributed by atoms with E-state index in [-0.39, 0.29) is 92.2 Å². The van der Waals surface area contributed by atoms with Crippen molar-refractivity contribution in [3.05, 3.63) is 81.6 Å². The Balaban J connectivity index is 0.788. The molecule has 19 heteroatoms. The zero-order valence-corrected chi connectivity index (χ0v) is 52.1. The largest absolute Gasteiger partial charge is 0.469 e. The summed E-state index contributed by atoms with van der Waals surface area (Å²) in [7, 11) is 1.35. The number of methoxy groups -OCH3 is 1. The van der Waals surface area contributed by atoms with Crippen molar-refractivity contribution in [2.75, 3.05) is 106 Å². The molecule has 1 N–H and O–H groups in total. The van der Waals surface area contributed by atoms with Crippen molar-refractivity contribution in [1.29, 1.82) is 0 Å². The van der Waals surface area contributed by atoms with Gasteiger partial charge in [-0.3, -0.25) is 24.1 Å². The molecule has 2 aliphatic heterocycles. The molecule has 2 saturated heterocycles. The number of hydrogen-bond acceptors (Lipinski definition) is 13. The van der Waals surface area contributed by atoms with E-state index in [4.69, 9.17) is 35.3 Å². The SMILES string of the molecule is COC(=O)CCCN(C(=O)CCC(C)C)C1(C(=O)NCCN2CCOCC2)CCN(C(=O)OCC2C3CCc4nnn(CCOCCOCCN(Cc5ccc(C(C)(C)C)cc5)C(=O)C(c5ccc(Cl)cc5)C5CCCCC5)c4CCC32)CC1. The van der Waals surface area contributed by atoms with Gasteiger partial charge in [-0.15, -0.1) is 5.10 Å². The van der Waals surface area contributed by atoms with Gasteiger partial charge in [0.15, 0.2) is 0 Å². The summed E-state index contributed by atoms with van der Waals surface area (Å²) in [6.45, 7) is 19.1. The number of esters is 1. The second kappa shape index (κ2) is 31.5. The first-order chi connectivity index (χ1) is 40.5. The van der Waals surface area contributed by atoms with Crippen molar-refractivity contribution in [3.8, 4) is 0 Å². The highest BCUT2D eigenvalue weighted by atomic mass is 35.5. The van der Waals surface area contributed by atoms with E-state index >= 15 is 0 Å². The molecule has 3 heterocycles. The number of hydrogen-bond donors (Lipinski definition) is 1.